The molecule has 0 fully saturated rings. The maximum absolute atomic E-state index is 11.9. The van der Waals surface area contributed by atoms with Crippen molar-refractivity contribution in [3.8, 4) is 0 Å². The Kier molecular flexibility index (Phi) is 4.16. The molecular formula is C21H27N3O2. The Labute approximate surface area is 154 Å². The highest BCUT2D eigenvalue weighted by Crippen LogP contribution is 2.45. The van der Waals surface area contributed by atoms with Gasteiger partial charge in [-0.25, -0.2) is 0 Å². The Morgan fingerprint density at radius 2 is 2.15 bits per heavy atom. The first-order chi connectivity index (χ1) is 12.5. The number of aliphatic hydroxyl groups excluding tert-OH is 1. The SMILES string of the molecule is CC[C@H](CO)c1ccc2c3c(cn2C)CC2C(=CC(C(N)=O)CN2C)c13. The fourth-order valence-electron chi connectivity index (χ4n) is 4.80. The van der Waals surface area contributed by atoms with E-state index in [2.05, 4.69) is 54.9 Å². The molecule has 26 heavy (non-hydrogen) atoms. The topological polar surface area (TPSA) is 71.5 Å². The molecule has 138 valence electrons. The zero-order chi connectivity index (χ0) is 18.6. The number of amides is 1. The Balaban J connectivity index is 2.03. The number of aliphatic hydroxyl groups is 1. The average molecular weight is 353 g/mol. The van der Waals surface area contributed by atoms with E-state index in [1.807, 2.05) is 0 Å². The molecule has 5 heteroatoms. The Morgan fingerprint density at radius 3 is 2.81 bits per heavy atom. The number of hydrogen-bond donors (Lipinski definition) is 2. The fourth-order valence-corrected chi connectivity index (χ4v) is 4.80. The van der Waals surface area contributed by atoms with Crippen molar-refractivity contribution in [2.75, 3.05) is 20.2 Å². The van der Waals surface area contributed by atoms with Crippen molar-refractivity contribution in [2.24, 2.45) is 18.7 Å². The highest BCUT2D eigenvalue weighted by atomic mass is 16.3. The van der Waals surface area contributed by atoms with Gasteiger partial charge in [-0.15, -0.1) is 0 Å². The maximum Gasteiger partial charge on any atom is 0.225 e. The Morgan fingerprint density at radius 1 is 1.38 bits per heavy atom. The molecule has 0 bridgehead atoms. The number of nitrogens with zero attached hydrogens (tertiary/aromatic N) is 2. The van der Waals surface area contributed by atoms with Crippen molar-refractivity contribution in [3.05, 3.63) is 41.1 Å². The van der Waals surface area contributed by atoms with Crippen LogP contribution in [0.3, 0.4) is 0 Å². The highest BCUT2D eigenvalue weighted by molar-refractivity contribution is 6.01. The third-order valence-corrected chi connectivity index (χ3v) is 6.24. The van der Waals surface area contributed by atoms with Crippen LogP contribution in [-0.2, 0) is 18.3 Å². The lowest BCUT2D eigenvalue weighted by Crippen LogP contribution is -2.45. The second-order valence-corrected chi connectivity index (χ2v) is 7.77. The van der Waals surface area contributed by atoms with Gasteiger partial charge in [0.25, 0.3) is 0 Å². The monoisotopic (exact) mass is 353 g/mol. The molecule has 0 radical (unpaired) electrons. The number of fused-ring (bicyclic) bond motifs is 2. The van der Waals surface area contributed by atoms with E-state index in [-0.39, 0.29) is 30.4 Å². The fraction of sp³-hybridized carbons (Fsp3) is 0.476. The molecule has 1 aliphatic heterocycles. The van der Waals surface area contributed by atoms with Crippen LogP contribution in [-0.4, -0.2) is 46.7 Å². The van der Waals surface area contributed by atoms with Crippen LogP contribution in [0.4, 0.5) is 0 Å². The molecule has 2 aliphatic rings. The summed E-state index contributed by atoms with van der Waals surface area (Å²) >= 11 is 0. The zero-order valence-electron chi connectivity index (χ0n) is 15.7. The van der Waals surface area contributed by atoms with Gasteiger partial charge in [-0.2, -0.15) is 0 Å². The van der Waals surface area contributed by atoms with Crippen molar-refractivity contribution >= 4 is 22.4 Å². The first kappa shape index (κ1) is 17.3. The number of benzene rings is 1. The van der Waals surface area contributed by atoms with Crippen molar-refractivity contribution in [3.63, 3.8) is 0 Å². The predicted octanol–water partition coefficient (Wildman–Crippen LogP) is 2.02. The van der Waals surface area contributed by atoms with Gasteiger partial charge in [0.2, 0.25) is 5.91 Å². The van der Waals surface area contributed by atoms with E-state index >= 15 is 0 Å². The summed E-state index contributed by atoms with van der Waals surface area (Å²) < 4.78 is 2.18. The van der Waals surface area contributed by atoms with Crippen LogP contribution in [0.25, 0.3) is 16.5 Å². The van der Waals surface area contributed by atoms with Gasteiger partial charge in [-0.3, -0.25) is 9.69 Å². The number of rotatable bonds is 4. The van der Waals surface area contributed by atoms with Gasteiger partial charge in [-0.05, 0) is 48.2 Å². The number of primary amides is 1. The first-order valence-electron chi connectivity index (χ1n) is 9.39. The van der Waals surface area contributed by atoms with E-state index in [1.165, 1.54) is 33.2 Å². The molecule has 3 N–H and O–H groups in total. The smallest absolute Gasteiger partial charge is 0.225 e. The molecule has 3 atom stereocenters. The highest BCUT2D eigenvalue weighted by Gasteiger charge is 2.37. The van der Waals surface area contributed by atoms with E-state index in [4.69, 9.17) is 5.73 Å². The molecule has 0 saturated heterocycles. The molecular weight excluding hydrogens is 326 g/mol. The van der Waals surface area contributed by atoms with Crippen LogP contribution in [0.5, 0.6) is 0 Å². The molecule has 2 heterocycles. The number of carbonyl (C=O) groups is 1. The maximum atomic E-state index is 11.9. The van der Waals surface area contributed by atoms with Gasteiger partial charge in [-0.1, -0.05) is 19.1 Å². The quantitative estimate of drug-likeness (QED) is 0.883. The summed E-state index contributed by atoms with van der Waals surface area (Å²) in [4.78, 5) is 14.2. The van der Waals surface area contributed by atoms with Gasteiger partial charge < -0.3 is 15.4 Å². The van der Waals surface area contributed by atoms with Gasteiger partial charge in [0.15, 0.2) is 0 Å². The molecule has 0 spiro atoms. The van der Waals surface area contributed by atoms with Crippen LogP contribution in [0.1, 0.15) is 36.0 Å². The third kappa shape index (κ3) is 2.42. The van der Waals surface area contributed by atoms with Crippen molar-refractivity contribution in [1.82, 2.24) is 9.47 Å². The first-order valence-corrected chi connectivity index (χ1v) is 9.39. The summed E-state index contributed by atoms with van der Waals surface area (Å²) in [6.07, 6.45) is 6.13. The molecule has 1 aromatic carbocycles. The van der Waals surface area contributed by atoms with Crippen LogP contribution < -0.4 is 5.73 Å². The molecule has 1 amide bonds. The molecule has 1 aliphatic carbocycles. The van der Waals surface area contributed by atoms with E-state index in [1.54, 1.807) is 0 Å². The summed E-state index contributed by atoms with van der Waals surface area (Å²) in [6, 6.07) is 4.57. The lowest BCUT2D eigenvalue weighted by molar-refractivity contribution is -0.121. The molecule has 2 aromatic rings. The summed E-state index contributed by atoms with van der Waals surface area (Å²) in [7, 11) is 4.16. The largest absolute Gasteiger partial charge is 0.396 e. The van der Waals surface area contributed by atoms with E-state index in [9.17, 15) is 9.90 Å². The van der Waals surface area contributed by atoms with E-state index < -0.39 is 0 Å². The lowest BCUT2D eigenvalue weighted by atomic mass is 9.75. The molecule has 4 rings (SSSR count). The van der Waals surface area contributed by atoms with Crippen molar-refractivity contribution in [2.45, 2.75) is 31.7 Å². The number of aryl methyl sites for hydroxylation is 1. The van der Waals surface area contributed by atoms with Crippen molar-refractivity contribution in [1.29, 1.82) is 0 Å². The number of carbonyl (C=O) groups excluding carboxylic acids is 1. The second-order valence-electron chi connectivity index (χ2n) is 7.77. The van der Waals surface area contributed by atoms with Crippen LogP contribution in [0, 0.1) is 5.92 Å². The van der Waals surface area contributed by atoms with Crippen LogP contribution in [0.2, 0.25) is 0 Å². The lowest BCUT2D eigenvalue weighted by Gasteiger charge is -2.40. The molecule has 1 aromatic heterocycles. The van der Waals surface area contributed by atoms with E-state index in [0.29, 0.717) is 6.54 Å². The minimum atomic E-state index is -0.274. The summed E-state index contributed by atoms with van der Waals surface area (Å²) in [5.74, 6) is -0.445. The number of nitrogens with two attached hydrogens (primary N) is 1. The summed E-state index contributed by atoms with van der Waals surface area (Å²) in [6.45, 7) is 2.90. The van der Waals surface area contributed by atoms with Crippen LogP contribution in [0.15, 0.2) is 24.4 Å². The Bertz CT molecular complexity index is 908. The molecule has 0 saturated carbocycles. The van der Waals surface area contributed by atoms with Crippen molar-refractivity contribution < 1.29 is 9.90 Å². The third-order valence-electron chi connectivity index (χ3n) is 6.24. The molecule has 2 unspecified atom stereocenters. The van der Waals surface area contributed by atoms with Gasteiger partial charge in [0.1, 0.15) is 0 Å². The number of aromatic nitrogens is 1. The zero-order valence-corrected chi connectivity index (χ0v) is 15.7. The minimum Gasteiger partial charge on any atom is -0.396 e. The predicted molar refractivity (Wildman–Crippen MR) is 104 cm³/mol. The average Bonchev–Trinajstić information content (AvgIpc) is 2.94. The standard InChI is InChI=1S/C21H27N3O2/c1-4-12(11-25)15-5-6-17-19-13(9-23(17)2)8-18-16(20(15)19)7-14(21(22)26)10-24(18)3/h5-7,9,12,14,18,25H,4,8,10-11H2,1-3H3,(H2,22,26)/t12-,14?,18?/m1/s1. The van der Waals surface area contributed by atoms with Gasteiger partial charge >= 0.3 is 0 Å². The number of likely N-dealkylation sites (N-methyl/N-ethyl adjacent to an activating group) is 1. The normalized spacial score (nSPS) is 23.6. The second kappa shape index (κ2) is 6.25. The van der Waals surface area contributed by atoms with Gasteiger partial charge in [0.05, 0.1) is 5.92 Å². The van der Waals surface area contributed by atoms with E-state index in [0.717, 1.165) is 12.8 Å². The summed E-state index contributed by atoms with van der Waals surface area (Å²) in [5.41, 5.74) is 11.8. The van der Waals surface area contributed by atoms with Gasteiger partial charge in [0, 0.05) is 49.3 Å². The minimum absolute atomic E-state index is 0.0985. The summed E-state index contributed by atoms with van der Waals surface area (Å²) in [5, 5.41) is 11.2. The van der Waals surface area contributed by atoms with Crippen LogP contribution >= 0.6 is 0 Å². The number of hydrogen-bond acceptors (Lipinski definition) is 3. The molecule has 5 nitrogen and oxygen atoms in total. The Hall–Kier alpha value is -2.11.